The monoisotopic (exact) mass is 406 g/mol. The van der Waals surface area contributed by atoms with Crippen molar-refractivity contribution < 1.29 is 14.3 Å². The summed E-state index contributed by atoms with van der Waals surface area (Å²) in [5.74, 6) is 0.392. The molecule has 0 aliphatic carbocycles. The van der Waals surface area contributed by atoms with Crippen molar-refractivity contribution >= 4 is 28.8 Å². The summed E-state index contributed by atoms with van der Waals surface area (Å²) in [5, 5.41) is 2.95. The molecule has 7 nitrogen and oxygen atoms in total. The molecule has 1 atom stereocenters. The summed E-state index contributed by atoms with van der Waals surface area (Å²) in [4.78, 5) is 32.1. The van der Waals surface area contributed by atoms with Crippen molar-refractivity contribution in [3.63, 3.8) is 0 Å². The van der Waals surface area contributed by atoms with E-state index in [0.717, 1.165) is 17.5 Å². The molecule has 0 unspecified atom stereocenters. The first-order valence-corrected chi connectivity index (χ1v) is 10.3. The van der Waals surface area contributed by atoms with E-state index in [1.807, 2.05) is 59.2 Å². The van der Waals surface area contributed by atoms with Crippen molar-refractivity contribution in [3.05, 3.63) is 60.2 Å². The molecule has 0 fully saturated rings. The number of hydrogen-bond acceptors (Lipinski definition) is 4. The Morgan fingerprint density at radius 3 is 2.70 bits per heavy atom. The maximum Gasteiger partial charge on any atom is 0.253 e. The van der Waals surface area contributed by atoms with Gasteiger partial charge in [-0.05, 0) is 30.5 Å². The first-order chi connectivity index (χ1) is 14.7. The molecule has 2 heterocycles. The third kappa shape index (κ3) is 4.07. The van der Waals surface area contributed by atoms with Gasteiger partial charge in [0.15, 0.2) is 0 Å². The summed E-state index contributed by atoms with van der Waals surface area (Å²) in [7, 11) is 1.64. The van der Waals surface area contributed by atoms with Crippen LogP contribution in [0.4, 0.5) is 5.95 Å². The number of hydrogen-bond donors (Lipinski definition) is 1. The van der Waals surface area contributed by atoms with Crippen molar-refractivity contribution in [3.8, 4) is 0 Å². The highest BCUT2D eigenvalue weighted by Crippen LogP contribution is 2.36. The van der Waals surface area contributed by atoms with Gasteiger partial charge in [0.2, 0.25) is 11.9 Å². The van der Waals surface area contributed by atoms with E-state index in [1.165, 1.54) is 5.56 Å². The van der Waals surface area contributed by atoms with E-state index >= 15 is 0 Å². The lowest BCUT2D eigenvalue weighted by molar-refractivity contribution is -0.127. The average molecular weight is 406 g/mol. The highest BCUT2D eigenvalue weighted by atomic mass is 16.5. The first-order valence-electron chi connectivity index (χ1n) is 10.3. The van der Waals surface area contributed by atoms with Crippen LogP contribution in [0.2, 0.25) is 0 Å². The Morgan fingerprint density at radius 1 is 1.13 bits per heavy atom. The second-order valence-electron chi connectivity index (χ2n) is 7.41. The van der Waals surface area contributed by atoms with Crippen LogP contribution in [0.25, 0.3) is 11.0 Å². The lowest BCUT2D eigenvalue weighted by Crippen LogP contribution is -2.34. The van der Waals surface area contributed by atoms with Crippen LogP contribution in [0.15, 0.2) is 54.6 Å². The standard InChI is InChI=1S/C23H26N4O3/c1-30-15-7-14-26-22(29)20(27-19-11-6-5-10-18(19)25-23(26)27)16-21(28)24-13-12-17-8-3-2-4-9-17/h2-6,8-11,20H,7,12-16H2,1H3,(H,24,28)/t20-/m0/s1. The number of fused-ring (bicyclic) bond motifs is 3. The first kappa shape index (κ1) is 20.1. The fraction of sp³-hybridized carbons (Fsp3) is 0.348. The van der Waals surface area contributed by atoms with Crippen molar-refractivity contribution in [2.24, 2.45) is 0 Å². The van der Waals surface area contributed by atoms with Crippen LogP contribution < -0.4 is 10.2 Å². The number of amides is 2. The topological polar surface area (TPSA) is 76.5 Å². The van der Waals surface area contributed by atoms with Crippen LogP contribution in [0, 0.1) is 0 Å². The van der Waals surface area contributed by atoms with E-state index < -0.39 is 6.04 Å². The van der Waals surface area contributed by atoms with Gasteiger partial charge < -0.3 is 10.1 Å². The largest absolute Gasteiger partial charge is 0.385 e. The number of benzene rings is 2. The van der Waals surface area contributed by atoms with Gasteiger partial charge >= 0.3 is 0 Å². The van der Waals surface area contributed by atoms with Gasteiger partial charge in [-0.25, -0.2) is 4.98 Å². The Morgan fingerprint density at radius 2 is 1.90 bits per heavy atom. The number of anilines is 1. The van der Waals surface area contributed by atoms with Crippen molar-refractivity contribution in [2.45, 2.75) is 25.3 Å². The SMILES string of the molecule is COCCCN1C(=O)[C@H](CC(=O)NCCc2ccccc2)n2c1nc1ccccc12. The molecule has 156 valence electrons. The predicted octanol–water partition coefficient (Wildman–Crippen LogP) is 2.71. The smallest absolute Gasteiger partial charge is 0.253 e. The van der Waals surface area contributed by atoms with Gasteiger partial charge in [0.25, 0.3) is 5.91 Å². The maximum atomic E-state index is 13.1. The van der Waals surface area contributed by atoms with E-state index in [9.17, 15) is 9.59 Å². The molecule has 1 N–H and O–H groups in total. The van der Waals surface area contributed by atoms with Crippen LogP contribution in [-0.4, -0.2) is 48.2 Å². The van der Waals surface area contributed by atoms with Crippen LogP contribution in [-0.2, 0) is 20.7 Å². The molecule has 2 amide bonds. The summed E-state index contributed by atoms with van der Waals surface area (Å²) in [6, 6.07) is 17.2. The highest BCUT2D eigenvalue weighted by molar-refractivity contribution is 6.03. The summed E-state index contributed by atoms with van der Waals surface area (Å²) in [6.45, 7) is 1.62. The number of para-hydroxylation sites is 2. The van der Waals surface area contributed by atoms with Gasteiger partial charge in [0.1, 0.15) is 6.04 Å². The number of nitrogens with zero attached hydrogens (tertiary/aromatic N) is 3. The predicted molar refractivity (Wildman–Crippen MR) is 115 cm³/mol. The van der Waals surface area contributed by atoms with E-state index in [1.54, 1.807) is 12.0 Å². The number of carbonyl (C=O) groups is 2. The molecular weight excluding hydrogens is 380 g/mol. The number of ether oxygens (including phenoxy) is 1. The Bertz CT molecular complexity index is 1030. The van der Waals surface area contributed by atoms with E-state index in [4.69, 9.17) is 4.74 Å². The molecule has 1 aliphatic rings. The Labute approximate surface area is 175 Å². The van der Waals surface area contributed by atoms with E-state index in [0.29, 0.717) is 32.1 Å². The minimum Gasteiger partial charge on any atom is -0.385 e. The lowest BCUT2D eigenvalue weighted by atomic mass is 10.1. The molecule has 0 saturated carbocycles. The molecular formula is C23H26N4O3. The normalized spacial score (nSPS) is 15.6. The van der Waals surface area contributed by atoms with Crippen molar-refractivity contribution in [1.82, 2.24) is 14.9 Å². The molecule has 7 heteroatoms. The molecule has 0 saturated heterocycles. The third-order valence-corrected chi connectivity index (χ3v) is 5.37. The van der Waals surface area contributed by atoms with Crippen LogP contribution in [0.1, 0.15) is 24.4 Å². The highest BCUT2D eigenvalue weighted by Gasteiger charge is 2.40. The molecule has 2 aromatic carbocycles. The summed E-state index contributed by atoms with van der Waals surface area (Å²) in [6.07, 6.45) is 1.57. The Kier molecular flexibility index (Phi) is 6.09. The van der Waals surface area contributed by atoms with E-state index in [-0.39, 0.29) is 18.2 Å². The van der Waals surface area contributed by atoms with Gasteiger partial charge in [0, 0.05) is 26.8 Å². The average Bonchev–Trinajstić information content (AvgIpc) is 3.25. The summed E-state index contributed by atoms with van der Waals surface area (Å²) in [5.41, 5.74) is 2.87. The molecule has 4 rings (SSSR count). The molecule has 0 spiro atoms. The quantitative estimate of drug-likeness (QED) is 0.555. The third-order valence-electron chi connectivity index (χ3n) is 5.37. The Hall–Kier alpha value is -3.19. The fourth-order valence-electron chi connectivity index (χ4n) is 3.91. The summed E-state index contributed by atoms with van der Waals surface area (Å²) < 4.78 is 7.03. The number of nitrogens with one attached hydrogen (secondary N) is 1. The number of imidazole rings is 1. The van der Waals surface area contributed by atoms with Crippen molar-refractivity contribution in [1.29, 1.82) is 0 Å². The fourth-order valence-corrected chi connectivity index (χ4v) is 3.91. The Balaban J connectivity index is 1.48. The van der Waals surface area contributed by atoms with Crippen LogP contribution in [0.5, 0.6) is 0 Å². The zero-order valence-corrected chi connectivity index (χ0v) is 17.1. The number of aromatic nitrogens is 2. The second-order valence-corrected chi connectivity index (χ2v) is 7.41. The van der Waals surface area contributed by atoms with Crippen LogP contribution >= 0.6 is 0 Å². The zero-order valence-electron chi connectivity index (χ0n) is 17.1. The van der Waals surface area contributed by atoms with Gasteiger partial charge in [-0.2, -0.15) is 0 Å². The van der Waals surface area contributed by atoms with Crippen molar-refractivity contribution in [2.75, 3.05) is 31.7 Å². The minimum atomic E-state index is -0.577. The molecule has 0 bridgehead atoms. The molecule has 1 aromatic heterocycles. The van der Waals surface area contributed by atoms with Gasteiger partial charge in [-0.1, -0.05) is 42.5 Å². The number of carbonyl (C=O) groups excluding carboxylic acids is 2. The van der Waals surface area contributed by atoms with Gasteiger partial charge in [0.05, 0.1) is 17.5 Å². The second kappa shape index (κ2) is 9.09. The number of methoxy groups -OCH3 is 1. The molecule has 0 radical (unpaired) electrons. The summed E-state index contributed by atoms with van der Waals surface area (Å²) >= 11 is 0. The lowest BCUT2D eigenvalue weighted by Gasteiger charge is -2.15. The van der Waals surface area contributed by atoms with E-state index in [2.05, 4.69) is 10.3 Å². The number of rotatable bonds is 9. The molecule has 1 aliphatic heterocycles. The molecule has 30 heavy (non-hydrogen) atoms. The zero-order chi connectivity index (χ0) is 20.9. The maximum absolute atomic E-state index is 13.1. The minimum absolute atomic E-state index is 0.0856. The van der Waals surface area contributed by atoms with Gasteiger partial charge in [-0.3, -0.25) is 19.1 Å². The van der Waals surface area contributed by atoms with Crippen LogP contribution in [0.3, 0.4) is 0 Å². The molecule has 3 aromatic rings. The van der Waals surface area contributed by atoms with Gasteiger partial charge in [-0.15, -0.1) is 0 Å².